The number of carbonyl (C=O) groups is 2. The topological polar surface area (TPSA) is 52.7 Å². The van der Waals surface area contributed by atoms with Crippen LogP contribution < -0.4 is 5.32 Å². The Bertz CT molecular complexity index is 287. The molecule has 2 rings (SSSR count). The number of ketones is 1. The van der Waals surface area contributed by atoms with Crippen molar-refractivity contribution >= 4 is 11.7 Å². The molecule has 1 atom stereocenters. The van der Waals surface area contributed by atoms with E-state index in [2.05, 4.69) is 5.32 Å². The van der Waals surface area contributed by atoms with Crippen molar-refractivity contribution in [3.8, 4) is 0 Å². The third-order valence-electron chi connectivity index (χ3n) is 3.44. The van der Waals surface area contributed by atoms with Crippen molar-refractivity contribution in [1.29, 1.82) is 0 Å². The molecule has 0 aliphatic carbocycles. The van der Waals surface area contributed by atoms with E-state index in [1.807, 2.05) is 11.9 Å². The van der Waals surface area contributed by atoms with Crippen molar-refractivity contribution in [1.82, 2.24) is 15.1 Å². The summed E-state index contributed by atoms with van der Waals surface area (Å²) < 4.78 is 0. The molecule has 5 nitrogen and oxygen atoms in total. The number of carbonyl (C=O) groups excluding carboxylic acids is 2. The first-order chi connectivity index (χ1) is 7.70. The quantitative estimate of drug-likeness (QED) is 0.618. The summed E-state index contributed by atoms with van der Waals surface area (Å²) >= 11 is 0. The summed E-state index contributed by atoms with van der Waals surface area (Å²) in [6.07, 6.45) is 1.84. The van der Waals surface area contributed by atoms with Crippen LogP contribution in [0.1, 0.15) is 12.8 Å². The number of nitrogens with zero attached hydrogens (tertiary/aromatic N) is 2. The number of piperazine rings is 1. The Morgan fingerprint density at radius 2 is 1.88 bits per heavy atom. The minimum absolute atomic E-state index is 0.178. The lowest BCUT2D eigenvalue weighted by atomic mass is 10.1. The van der Waals surface area contributed by atoms with E-state index in [0.29, 0.717) is 13.1 Å². The van der Waals surface area contributed by atoms with E-state index in [9.17, 15) is 9.59 Å². The van der Waals surface area contributed by atoms with E-state index in [1.165, 1.54) is 0 Å². The van der Waals surface area contributed by atoms with Crippen LogP contribution in [0.5, 0.6) is 0 Å². The van der Waals surface area contributed by atoms with Crippen LogP contribution in [0, 0.1) is 0 Å². The molecule has 5 heteroatoms. The third kappa shape index (κ3) is 2.25. The maximum Gasteiger partial charge on any atom is 0.291 e. The van der Waals surface area contributed by atoms with E-state index < -0.39 is 0 Å². The molecule has 16 heavy (non-hydrogen) atoms. The van der Waals surface area contributed by atoms with Gasteiger partial charge >= 0.3 is 0 Å². The molecular weight excluding hydrogens is 206 g/mol. The highest BCUT2D eigenvalue weighted by molar-refractivity contribution is 6.38. The highest BCUT2D eigenvalue weighted by Gasteiger charge is 2.34. The maximum absolute atomic E-state index is 12.0. The van der Waals surface area contributed by atoms with Gasteiger partial charge in [-0.2, -0.15) is 0 Å². The Balaban J connectivity index is 1.95. The number of hydrogen-bond acceptors (Lipinski definition) is 4. The number of rotatable bonds is 2. The lowest BCUT2D eigenvalue weighted by molar-refractivity contribution is -0.147. The number of amides is 1. The van der Waals surface area contributed by atoms with Gasteiger partial charge in [0.1, 0.15) is 0 Å². The Kier molecular flexibility index (Phi) is 3.56. The molecule has 2 saturated heterocycles. The van der Waals surface area contributed by atoms with Crippen LogP contribution in [0.4, 0.5) is 0 Å². The van der Waals surface area contributed by atoms with Gasteiger partial charge in [0.25, 0.3) is 5.91 Å². The number of nitrogens with one attached hydrogen (secondary N) is 1. The smallest absolute Gasteiger partial charge is 0.291 e. The molecule has 0 saturated carbocycles. The van der Waals surface area contributed by atoms with Crippen molar-refractivity contribution in [2.24, 2.45) is 0 Å². The average molecular weight is 225 g/mol. The van der Waals surface area contributed by atoms with Crippen LogP contribution in [0.2, 0.25) is 0 Å². The van der Waals surface area contributed by atoms with E-state index in [0.717, 1.165) is 32.5 Å². The monoisotopic (exact) mass is 225 g/mol. The summed E-state index contributed by atoms with van der Waals surface area (Å²) in [6, 6.07) is -0.178. The van der Waals surface area contributed by atoms with Gasteiger partial charge in [-0.1, -0.05) is 0 Å². The molecule has 2 aliphatic rings. The minimum atomic E-state index is -0.291. The van der Waals surface area contributed by atoms with E-state index in [1.54, 1.807) is 4.90 Å². The lowest BCUT2D eigenvalue weighted by Gasteiger charge is -2.28. The fraction of sp³-hybridized carbons (Fsp3) is 0.818. The summed E-state index contributed by atoms with van der Waals surface area (Å²) in [5.74, 6) is -0.512. The van der Waals surface area contributed by atoms with Gasteiger partial charge in [0.05, 0.1) is 6.04 Å². The third-order valence-corrected chi connectivity index (χ3v) is 3.44. The Morgan fingerprint density at radius 3 is 2.44 bits per heavy atom. The molecule has 0 unspecified atom stereocenters. The van der Waals surface area contributed by atoms with Crippen LogP contribution in [0.25, 0.3) is 0 Å². The first-order valence-corrected chi connectivity index (χ1v) is 5.94. The maximum atomic E-state index is 12.0. The molecule has 2 heterocycles. The highest BCUT2D eigenvalue weighted by Crippen LogP contribution is 2.16. The summed E-state index contributed by atoms with van der Waals surface area (Å²) in [4.78, 5) is 27.6. The summed E-state index contributed by atoms with van der Waals surface area (Å²) in [5, 5.41) is 3.17. The molecular formula is C11H19N3O2. The minimum Gasteiger partial charge on any atom is -0.334 e. The standard InChI is InChI=1S/C11H19N3O2/c1-13-6-2-3-9(13)10(15)11(16)14-7-4-12-5-8-14/h9,12H,2-8H2,1H3/t9-/m1/s1. The molecule has 0 aromatic heterocycles. The van der Waals surface area contributed by atoms with E-state index >= 15 is 0 Å². The molecule has 0 radical (unpaired) electrons. The zero-order chi connectivity index (χ0) is 11.5. The van der Waals surface area contributed by atoms with Gasteiger partial charge in [-0.15, -0.1) is 0 Å². The fourth-order valence-corrected chi connectivity index (χ4v) is 2.41. The second-order valence-electron chi connectivity index (χ2n) is 4.55. The van der Waals surface area contributed by atoms with Crippen molar-refractivity contribution in [3.05, 3.63) is 0 Å². The highest BCUT2D eigenvalue weighted by atomic mass is 16.2. The number of hydrogen-bond donors (Lipinski definition) is 1. The molecule has 1 N–H and O–H groups in total. The van der Waals surface area contributed by atoms with Gasteiger partial charge < -0.3 is 10.2 Å². The van der Waals surface area contributed by atoms with Crippen molar-refractivity contribution in [3.63, 3.8) is 0 Å². The molecule has 2 aliphatic heterocycles. The number of Topliss-reactive ketones (excluding diaryl/α,β-unsaturated/α-hetero) is 1. The second-order valence-corrected chi connectivity index (χ2v) is 4.55. The predicted octanol–water partition coefficient (Wildman–Crippen LogP) is -0.918. The fourth-order valence-electron chi connectivity index (χ4n) is 2.41. The summed E-state index contributed by atoms with van der Waals surface area (Å²) in [7, 11) is 1.92. The van der Waals surface area contributed by atoms with E-state index in [-0.39, 0.29) is 17.7 Å². The van der Waals surface area contributed by atoms with Gasteiger partial charge in [0.15, 0.2) is 0 Å². The molecule has 0 aromatic rings. The van der Waals surface area contributed by atoms with Crippen molar-refractivity contribution in [2.75, 3.05) is 39.8 Å². The van der Waals surface area contributed by atoms with Crippen LogP contribution >= 0.6 is 0 Å². The summed E-state index contributed by atoms with van der Waals surface area (Å²) in [6.45, 7) is 3.81. The largest absolute Gasteiger partial charge is 0.334 e. The van der Waals surface area contributed by atoms with Crippen LogP contribution in [0.3, 0.4) is 0 Å². The van der Waals surface area contributed by atoms with Crippen molar-refractivity contribution in [2.45, 2.75) is 18.9 Å². The SMILES string of the molecule is CN1CCC[C@@H]1C(=O)C(=O)N1CCNCC1. The number of likely N-dealkylation sites (tertiary alicyclic amines) is 1. The zero-order valence-electron chi connectivity index (χ0n) is 9.74. The Morgan fingerprint density at radius 1 is 1.19 bits per heavy atom. The normalized spacial score (nSPS) is 27.1. The Hall–Kier alpha value is -0.940. The molecule has 0 spiro atoms. The zero-order valence-corrected chi connectivity index (χ0v) is 9.74. The molecule has 90 valence electrons. The predicted molar refractivity (Wildman–Crippen MR) is 60.1 cm³/mol. The van der Waals surface area contributed by atoms with Crippen LogP contribution in [-0.2, 0) is 9.59 Å². The molecule has 2 fully saturated rings. The van der Waals surface area contributed by atoms with Crippen LogP contribution in [-0.4, -0.2) is 67.3 Å². The van der Waals surface area contributed by atoms with E-state index in [4.69, 9.17) is 0 Å². The molecule has 0 aromatic carbocycles. The van der Waals surface area contributed by atoms with Crippen molar-refractivity contribution < 1.29 is 9.59 Å². The van der Waals surface area contributed by atoms with Gasteiger partial charge in [0.2, 0.25) is 5.78 Å². The molecule has 1 amide bonds. The lowest BCUT2D eigenvalue weighted by Crippen LogP contribution is -2.51. The Labute approximate surface area is 95.8 Å². The van der Waals surface area contributed by atoms with Gasteiger partial charge in [-0.25, -0.2) is 0 Å². The van der Waals surface area contributed by atoms with Gasteiger partial charge in [-0.05, 0) is 26.4 Å². The first kappa shape index (κ1) is 11.5. The van der Waals surface area contributed by atoms with Gasteiger partial charge in [0, 0.05) is 26.2 Å². The number of likely N-dealkylation sites (N-methyl/N-ethyl adjacent to an activating group) is 1. The first-order valence-electron chi connectivity index (χ1n) is 5.94. The van der Waals surface area contributed by atoms with Crippen LogP contribution in [0.15, 0.2) is 0 Å². The average Bonchev–Trinajstić information content (AvgIpc) is 2.75. The molecule has 0 bridgehead atoms. The summed E-state index contributed by atoms with van der Waals surface area (Å²) in [5.41, 5.74) is 0. The second kappa shape index (κ2) is 4.93. The van der Waals surface area contributed by atoms with Gasteiger partial charge in [-0.3, -0.25) is 14.5 Å².